The number of hydrogen-bond donors (Lipinski definition) is 0. The van der Waals surface area contributed by atoms with Crippen LogP contribution < -0.4 is 0 Å². The molecule has 0 aliphatic carbocycles. The maximum absolute atomic E-state index is 5.21. The number of rotatable bonds is 48. The van der Waals surface area contributed by atoms with Gasteiger partial charge in [0.15, 0.2) is 0 Å². The van der Waals surface area contributed by atoms with Crippen LogP contribution in [0.15, 0.2) is 59.3 Å². The van der Waals surface area contributed by atoms with Gasteiger partial charge in [0.2, 0.25) is 0 Å². The molecule has 0 bridgehead atoms. The van der Waals surface area contributed by atoms with Crippen molar-refractivity contribution in [2.45, 2.75) is 324 Å². The van der Waals surface area contributed by atoms with Gasteiger partial charge in [-0.25, -0.2) is 19.9 Å². The van der Waals surface area contributed by atoms with Crippen molar-refractivity contribution in [1.29, 1.82) is 0 Å². The van der Waals surface area contributed by atoms with Gasteiger partial charge in [0, 0.05) is 9.75 Å². The molecule has 0 aliphatic rings. The Kier molecular flexibility index (Phi) is 34.1. The Labute approximate surface area is 601 Å². The van der Waals surface area contributed by atoms with Gasteiger partial charge in [-0.15, -0.1) is 90.7 Å². The minimum atomic E-state index is 1.12. The second kappa shape index (κ2) is 42.7. The van der Waals surface area contributed by atoms with Crippen molar-refractivity contribution in [3.63, 3.8) is 0 Å². The number of unbranched alkanes of at least 4 members (excludes halogenated alkanes) is 36. The molecule has 0 unspecified atom stereocenters. The van der Waals surface area contributed by atoms with Crippen molar-refractivity contribution >= 4 is 132 Å². The molecule has 12 heteroatoms. The standard InChI is InChI=1S/C42H60N2S4.C40H56N2S4/c1-5-7-9-11-13-15-17-19-21-23-25-33-27-31(3)45-39(33)41-43-35-29-38-36(30-37(35)47-41)44-42(48-38)40-34(28-32(4)46-40)26-24-22-20-18-16-14-12-10-8-6-2;1-3-5-7-9-11-13-15-17-19-21-23-31-25-27-43-37(31)39-41-33-29-36-34(30-35(33)45-39)42-40(46-36)38-32(26-28-44-38)24-22-20-18-16-14-12-10-8-6-4-2/h27-30H,5-26H2,1-4H3;25-30H,3-24H2,1-2H3. The number of hydrogen-bond acceptors (Lipinski definition) is 12. The fourth-order valence-electron chi connectivity index (χ4n) is 13.6. The quantitative estimate of drug-likeness (QED) is 0.0357. The van der Waals surface area contributed by atoms with Crippen molar-refractivity contribution in [3.8, 4) is 39.5 Å². The molecule has 0 saturated heterocycles. The van der Waals surface area contributed by atoms with Crippen LogP contribution in [0.2, 0.25) is 0 Å². The van der Waals surface area contributed by atoms with E-state index in [0.717, 1.165) is 22.1 Å². The van der Waals surface area contributed by atoms with Crippen molar-refractivity contribution in [1.82, 2.24) is 19.9 Å². The van der Waals surface area contributed by atoms with E-state index in [0.29, 0.717) is 0 Å². The lowest BCUT2D eigenvalue weighted by Gasteiger charge is -2.03. The molecular formula is C82H116N4S8. The molecule has 0 atom stereocenters. The lowest BCUT2D eigenvalue weighted by atomic mass is 10.0. The Morgan fingerprint density at radius 1 is 0.245 bits per heavy atom. The Balaban J connectivity index is 0.000000222. The van der Waals surface area contributed by atoms with E-state index in [1.807, 2.05) is 90.7 Å². The summed E-state index contributed by atoms with van der Waals surface area (Å²) in [5, 5.41) is 9.26. The van der Waals surface area contributed by atoms with E-state index >= 15 is 0 Å². The second-order valence-corrected chi connectivity index (χ2v) is 35.8. The SMILES string of the molecule is CCCCCCCCCCCCc1cc(C)sc1-c1nc2cc3sc(-c4sc(C)cc4CCCCCCCCCCCC)nc3cc2s1.CCCCCCCCCCCCc1ccsc1-c1nc2cc3sc(-c4sccc4CCCCCCCCCCCC)nc3cc2s1. The van der Waals surface area contributed by atoms with Crippen LogP contribution in [-0.2, 0) is 25.7 Å². The molecular weight excluding hydrogens is 1300 g/mol. The predicted octanol–water partition coefficient (Wildman–Crippen LogP) is 31.2. The average Bonchev–Trinajstić information content (AvgIpc) is 1.63. The van der Waals surface area contributed by atoms with E-state index in [9.17, 15) is 0 Å². The Morgan fingerprint density at radius 2 is 0.468 bits per heavy atom. The van der Waals surface area contributed by atoms with Gasteiger partial charge in [-0.2, -0.15) is 0 Å². The molecule has 10 aromatic rings. The van der Waals surface area contributed by atoms with Crippen LogP contribution in [0.4, 0.5) is 0 Å². The number of benzene rings is 2. The summed E-state index contributed by atoms with van der Waals surface area (Å²) < 4.78 is 5.04. The molecule has 2 aromatic carbocycles. The first-order chi connectivity index (χ1) is 46.3. The summed E-state index contributed by atoms with van der Waals surface area (Å²) in [7, 11) is 0. The Hall–Kier alpha value is -3.20. The number of aromatic nitrogens is 4. The van der Waals surface area contributed by atoms with Crippen LogP contribution in [-0.4, -0.2) is 19.9 Å². The minimum absolute atomic E-state index is 1.12. The first-order valence-corrected chi connectivity index (χ1v) is 44.7. The fraction of sp³-hybridized carbons (Fsp3) is 0.610. The highest BCUT2D eigenvalue weighted by Gasteiger charge is 2.20. The zero-order valence-corrected chi connectivity index (χ0v) is 65.5. The molecule has 0 aliphatic heterocycles. The van der Waals surface area contributed by atoms with Gasteiger partial charge in [-0.05, 0) is 147 Å². The van der Waals surface area contributed by atoms with Crippen LogP contribution >= 0.6 is 90.7 Å². The van der Waals surface area contributed by atoms with Gasteiger partial charge in [0.25, 0.3) is 0 Å². The lowest BCUT2D eigenvalue weighted by Crippen LogP contribution is -1.87. The van der Waals surface area contributed by atoms with Crippen molar-refractivity contribution < 1.29 is 0 Å². The average molecular weight is 1410 g/mol. The van der Waals surface area contributed by atoms with E-state index in [-0.39, 0.29) is 0 Å². The maximum Gasteiger partial charge on any atom is 0.134 e. The number of thiazole rings is 4. The zero-order valence-electron chi connectivity index (χ0n) is 58.9. The van der Waals surface area contributed by atoms with E-state index < -0.39 is 0 Å². The first-order valence-electron chi connectivity index (χ1n) is 38.1. The normalized spacial score (nSPS) is 11.9. The number of thiophene rings is 4. The zero-order chi connectivity index (χ0) is 65.4. The van der Waals surface area contributed by atoms with Crippen LogP contribution in [0, 0.1) is 13.8 Å². The summed E-state index contributed by atoms with van der Waals surface area (Å²) in [6, 6.07) is 18.7. The van der Waals surface area contributed by atoms with Crippen LogP contribution in [0.25, 0.3) is 80.4 Å². The van der Waals surface area contributed by atoms with Crippen molar-refractivity contribution in [3.05, 3.63) is 91.3 Å². The van der Waals surface area contributed by atoms with Gasteiger partial charge < -0.3 is 0 Å². The third-order valence-corrected chi connectivity index (χ3v) is 27.9. The predicted molar refractivity (Wildman–Crippen MR) is 431 cm³/mol. The van der Waals surface area contributed by atoms with Crippen LogP contribution in [0.5, 0.6) is 0 Å². The molecule has 0 fully saturated rings. The molecule has 0 N–H and O–H groups in total. The molecule has 10 rings (SSSR count). The molecule has 0 saturated carbocycles. The monoisotopic (exact) mass is 1410 g/mol. The molecule has 94 heavy (non-hydrogen) atoms. The van der Waals surface area contributed by atoms with Crippen molar-refractivity contribution in [2.75, 3.05) is 0 Å². The van der Waals surface area contributed by atoms with Gasteiger partial charge in [0.1, 0.15) is 20.0 Å². The molecule has 0 spiro atoms. The molecule has 8 aromatic heterocycles. The summed E-state index contributed by atoms with van der Waals surface area (Å²) in [5.74, 6) is 0. The minimum Gasteiger partial charge on any atom is -0.235 e. The third kappa shape index (κ3) is 24.0. The van der Waals surface area contributed by atoms with Crippen LogP contribution in [0.1, 0.15) is 317 Å². The molecule has 0 amide bonds. The smallest absolute Gasteiger partial charge is 0.134 e. The van der Waals surface area contributed by atoms with E-state index in [1.54, 1.807) is 0 Å². The molecule has 0 radical (unpaired) electrons. The maximum atomic E-state index is 5.21. The highest BCUT2D eigenvalue weighted by Crippen LogP contribution is 2.45. The first kappa shape index (κ1) is 75.0. The largest absolute Gasteiger partial charge is 0.235 e. The summed E-state index contributed by atoms with van der Waals surface area (Å²) in [4.78, 5) is 29.1. The van der Waals surface area contributed by atoms with Crippen LogP contribution in [0.3, 0.4) is 0 Å². The molecule has 8 heterocycles. The number of fused-ring (bicyclic) bond motifs is 4. The Morgan fingerprint density at radius 3 is 0.723 bits per heavy atom. The second-order valence-electron chi connectivity index (χ2n) is 27.4. The number of nitrogens with zero attached hydrogens (tertiary/aromatic N) is 4. The van der Waals surface area contributed by atoms with Crippen molar-refractivity contribution in [2.24, 2.45) is 0 Å². The fourth-order valence-corrected chi connectivity index (χ4v) is 22.0. The third-order valence-electron chi connectivity index (χ3n) is 19.1. The lowest BCUT2D eigenvalue weighted by molar-refractivity contribution is 0.556. The Bertz CT molecular complexity index is 3350. The van der Waals surface area contributed by atoms with E-state index in [2.05, 4.69) is 101 Å². The van der Waals surface area contributed by atoms with Gasteiger partial charge in [-0.3, -0.25) is 0 Å². The molecule has 512 valence electrons. The summed E-state index contributed by atoms with van der Waals surface area (Å²) >= 11 is 15.0. The number of aryl methyl sites for hydroxylation is 6. The highest BCUT2D eigenvalue weighted by atomic mass is 32.1. The van der Waals surface area contributed by atoms with Gasteiger partial charge in [0.05, 0.1) is 60.4 Å². The highest BCUT2D eigenvalue weighted by molar-refractivity contribution is 7.28. The van der Waals surface area contributed by atoms with E-state index in [4.69, 9.17) is 19.9 Å². The summed E-state index contributed by atoms with van der Waals surface area (Å²) in [6.45, 7) is 13.7. The summed E-state index contributed by atoms with van der Waals surface area (Å²) in [5.41, 5.74) is 10.5. The summed E-state index contributed by atoms with van der Waals surface area (Å²) in [6.07, 6.45) is 60.1. The molecule has 4 nitrogen and oxygen atoms in total. The topological polar surface area (TPSA) is 51.6 Å². The van der Waals surface area contributed by atoms with Gasteiger partial charge in [-0.1, -0.05) is 259 Å². The van der Waals surface area contributed by atoms with Gasteiger partial charge >= 0.3 is 0 Å². The van der Waals surface area contributed by atoms with E-state index in [1.165, 1.54) is 373 Å².